The van der Waals surface area contributed by atoms with Crippen LogP contribution in [0.5, 0.6) is 0 Å². The van der Waals surface area contributed by atoms with Crippen LogP contribution in [0.25, 0.3) is 21.6 Å². The zero-order valence-corrected chi connectivity index (χ0v) is 13.1. The number of fused-ring (bicyclic) bond motifs is 1. The van der Waals surface area contributed by atoms with E-state index in [1.165, 1.54) is 0 Å². The largest absolute Gasteiger partial charge is 0.306 e. The molecule has 0 aliphatic carbocycles. The third-order valence-corrected chi connectivity index (χ3v) is 3.93. The molecule has 0 bridgehead atoms. The van der Waals surface area contributed by atoms with Gasteiger partial charge in [-0.15, -0.1) is 10.2 Å². The summed E-state index contributed by atoms with van der Waals surface area (Å²) in [4.78, 5) is 8.60. The van der Waals surface area contributed by atoms with Crippen LogP contribution in [0.4, 0.5) is 0 Å². The van der Waals surface area contributed by atoms with Crippen molar-refractivity contribution < 1.29 is 0 Å². The first-order valence-corrected chi connectivity index (χ1v) is 7.61. The molecule has 5 nitrogen and oxygen atoms in total. The summed E-state index contributed by atoms with van der Waals surface area (Å²) in [6.07, 6.45) is 3.40. The number of nitrogens with one attached hydrogen (secondary N) is 1. The zero-order chi connectivity index (χ0) is 14.9. The molecule has 0 amide bonds. The summed E-state index contributed by atoms with van der Waals surface area (Å²) < 4.78 is 0. The first kappa shape index (κ1) is 14.0. The van der Waals surface area contributed by atoms with Crippen LogP contribution >= 0.6 is 11.3 Å². The summed E-state index contributed by atoms with van der Waals surface area (Å²) in [5, 5.41) is 13.8. The number of rotatable bonds is 3. The fourth-order valence-corrected chi connectivity index (χ4v) is 2.65. The molecule has 0 aliphatic heterocycles. The Balaban J connectivity index is 1.84. The summed E-state index contributed by atoms with van der Waals surface area (Å²) >= 11 is 1.60. The van der Waals surface area contributed by atoms with Crippen molar-refractivity contribution in [2.75, 3.05) is 0 Å². The van der Waals surface area contributed by atoms with Crippen LogP contribution in [0.1, 0.15) is 25.8 Å². The van der Waals surface area contributed by atoms with E-state index in [-0.39, 0.29) is 5.54 Å². The summed E-state index contributed by atoms with van der Waals surface area (Å²) in [5.74, 6) is 0. The van der Waals surface area contributed by atoms with Gasteiger partial charge in [-0.1, -0.05) is 11.3 Å². The van der Waals surface area contributed by atoms with Crippen molar-refractivity contribution in [2.24, 2.45) is 0 Å². The molecule has 108 valence electrons. The van der Waals surface area contributed by atoms with Gasteiger partial charge in [0.2, 0.25) is 0 Å². The molecule has 2 aromatic heterocycles. The number of aromatic nitrogens is 4. The Hall–Kier alpha value is -1.92. The molecule has 3 rings (SSSR count). The van der Waals surface area contributed by atoms with Crippen molar-refractivity contribution in [2.45, 2.75) is 32.9 Å². The van der Waals surface area contributed by atoms with Crippen LogP contribution in [0.2, 0.25) is 0 Å². The minimum absolute atomic E-state index is 0.0738. The number of hydrogen-bond acceptors (Lipinski definition) is 6. The minimum atomic E-state index is 0.0738. The molecule has 0 atom stereocenters. The van der Waals surface area contributed by atoms with Crippen LogP contribution in [-0.2, 0) is 6.54 Å². The van der Waals surface area contributed by atoms with Crippen molar-refractivity contribution in [1.29, 1.82) is 0 Å². The van der Waals surface area contributed by atoms with E-state index in [0.717, 1.165) is 33.2 Å². The Labute approximate surface area is 127 Å². The Morgan fingerprint density at radius 3 is 2.57 bits per heavy atom. The fourth-order valence-electron chi connectivity index (χ4n) is 1.88. The first-order chi connectivity index (χ1) is 10.0. The average Bonchev–Trinajstić information content (AvgIpc) is 2.93. The Bertz CT molecular complexity index is 760. The van der Waals surface area contributed by atoms with Crippen molar-refractivity contribution in [3.63, 3.8) is 0 Å². The quantitative estimate of drug-likeness (QED) is 0.805. The third-order valence-electron chi connectivity index (χ3n) is 2.95. The monoisotopic (exact) mass is 299 g/mol. The van der Waals surface area contributed by atoms with Gasteiger partial charge >= 0.3 is 0 Å². The second-order valence-corrected chi connectivity index (χ2v) is 6.93. The zero-order valence-electron chi connectivity index (χ0n) is 12.3. The van der Waals surface area contributed by atoms with E-state index in [4.69, 9.17) is 0 Å². The highest BCUT2D eigenvalue weighted by molar-refractivity contribution is 7.14. The van der Waals surface area contributed by atoms with Gasteiger partial charge in [-0.25, -0.2) is 0 Å². The van der Waals surface area contributed by atoms with Gasteiger partial charge in [0.25, 0.3) is 0 Å². The van der Waals surface area contributed by atoms with Gasteiger partial charge in [-0.2, -0.15) is 0 Å². The van der Waals surface area contributed by atoms with Gasteiger partial charge in [0.05, 0.1) is 17.6 Å². The third kappa shape index (κ3) is 3.40. The Morgan fingerprint density at radius 1 is 1.05 bits per heavy atom. The van der Waals surface area contributed by atoms with Gasteiger partial charge in [-0.05, 0) is 39.0 Å². The van der Waals surface area contributed by atoms with E-state index in [1.807, 2.05) is 18.2 Å². The molecular formula is C15H17N5S. The number of nitrogens with zero attached hydrogens (tertiary/aromatic N) is 4. The second-order valence-electron chi connectivity index (χ2n) is 5.86. The van der Waals surface area contributed by atoms with Crippen LogP contribution in [0.3, 0.4) is 0 Å². The SMILES string of the molecule is CC(C)(C)NCc1nnc(-c2ccc3nccnc3c2)s1. The summed E-state index contributed by atoms with van der Waals surface area (Å²) in [5.41, 5.74) is 2.87. The molecule has 0 fully saturated rings. The highest BCUT2D eigenvalue weighted by atomic mass is 32.1. The standard InChI is InChI=1S/C15H17N5S/c1-15(2,3)18-9-13-19-20-14(21-13)10-4-5-11-12(8-10)17-7-6-16-11/h4-8,18H,9H2,1-3H3. The summed E-state index contributed by atoms with van der Waals surface area (Å²) in [6.45, 7) is 7.14. The lowest BCUT2D eigenvalue weighted by Crippen LogP contribution is -2.35. The highest BCUT2D eigenvalue weighted by Crippen LogP contribution is 2.25. The predicted molar refractivity (Wildman–Crippen MR) is 85.0 cm³/mol. The molecule has 0 aliphatic rings. The van der Waals surface area contributed by atoms with Crippen molar-refractivity contribution >= 4 is 22.4 Å². The van der Waals surface area contributed by atoms with Crippen molar-refractivity contribution in [1.82, 2.24) is 25.5 Å². The predicted octanol–water partition coefficient (Wildman–Crippen LogP) is 3.04. The van der Waals surface area contributed by atoms with E-state index in [2.05, 4.69) is 46.3 Å². The van der Waals surface area contributed by atoms with E-state index >= 15 is 0 Å². The van der Waals surface area contributed by atoms with Gasteiger partial charge in [0.1, 0.15) is 10.0 Å². The van der Waals surface area contributed by atoms with Crippen LogP contribution in [-0.4, -0.2) is 25.7 Å². The molecule has 2 heterocycles. The molecule has 3 aromatic rings. The van der Waals surface area contributed by atoms with Gasteiger partial charge < -0.3 is 5.32 Å². The van der Waals surface area contributed by atoms with E-state index in [0.29, 0.717) is 0 Å². The molecule has 0 saturated carbocycles. The van der Waals surface area contributed by atoms with Crippen LogP contribution < -0.4 is 5.32 Å². The van der Waals surface area contributed by atoms with Crippen LogP contribution in [0, 0.1) is 0 Å². The molecule has 21 heavy (non-hydrogen) atoms. The number of hydrogen-bond donors (Lipinski definition) is 1. The summed E-state index contributed by atoms with van der Waals surface area (Å²) in [6, 6.07) is 5.98. The Morgan fingerprint density at radius 2 is 1.81 bits per heavy atom. The van der Waals surface area contributed by atoms with Gasteiger partial charge in [0, 0.05) is 23.5 Å². The molecule has 0 spiro atoms. The minimum Gasteiger partial charge on any atom is -0.306 e. The molecule has 1 aromatic carbocycles. The maximum Gasteiger partial charge on any atom is 0.147 e. The molecular weight excluding hydrogens is 282 g/mol. The molecule has 0 unspecified atom stereocenters. The molecule has 6 heteroatoms. The molecule has 0 radical (unpaired) electrons. The smallest absolute Gasteiger partial charge is 0.147 e. The van der Waals surface area contributed by atoms with Crippen molar-refractivity contribution in [3.05, 3.63) is 35.6 Å². The number of benzene rings is 1. The lowest BCUT2D eigenvalue weighted by molar-refractivity contribution is 0.423. The Kier molecular flexibility index (Phi) is 3.65. The first-order valence-electron chi connectivity index (χ1n) is 6.80. The van der Waals surface area contributed by atoms with Crippen LogP contribution in [0.15, 0.2) is 30.6 Å². The fraction of sp³-hybridized carbons (Fsp3) is 0.333. The lowest BCUT2D eigenvalue weighted by atomic mass is 10.1. The maximum absolute atomic E-state index is 4.32. The van der Waals surface area contributed by atoms with Gasteiger partial charge in [0.15, 0.2) is 0 Å². The van der Waals surface area contributed by atoms with E-state index in [1.54, 1.807) is 23.7 Å². The molecule has 1 N–H and O–H groups in total. The summed E-state index contributed by atoms with van der Waals surface area (Å²) in [7, 11) is 0. The van der Waals surface area contributed by atoms with Gasteiger partial charge in [-0.3, -0.25) is 9.97 Å². The average molecular weight is 299 g/mol. The topological polar surface area (TPSA) is 63.6 Å². The molecule has 0 saturated heterocycles. The van der Waals surface area contributed by atoms with E-state index < -0.39 is 0 Å². The lowest BCUT2D eigenvalue weighted by Gasteiger charge is -2.19. The van der Waals surface area contributed by atoms with E-state index in [9.17, 15) is 0 Å². The normalized spacial score (nSPS) is 12.0. The second kappa shape index (κ2) is 5.46. The highest BCUT2D eigenvalue weighted by Gasteiger charge is 2.12. The van der Waals surface area contributed by atoms with Crippen molar-refractivity contribution in [3.8, 4) is 10.6 Å². The maximum atomic E-state index is 4.32.